The minimum Gasteiger partial charge on any atom is -0.493 e. The number of allylic oxidation sites excluding steroid dienone is 1. The lowest BCUT2D eigenvalue weighted by Gasteiger charge is -2.11. The number of hydrogen-bond donors (Lipinski definition) is 0. The summed E-state index contributed by atoms with van der Waals surface area (Å²) < 4.78 is 13.4. The van der Waals surface area contributed by atoms with E-state index in [1.54, 1.807) is 7.11 Å². The van der Waals surface area contributed by atoms with Gasteiger partial charge < -0.3 is 14.0 Å². The van der Waals surface area contributed by atoms with Crippen LogP contribution in [-0.4, -0.2) is 23.3 Å². The van der Waals surface area contributed by atoms with Crippen LogP contribution in [0.3, 0.4) is 0 Å². The van der Waals surface area contributed by atoms with Crippen LogP contribution in [0.2, 0.25) is 0 Å². The first-order valence-corrected chi connectivity index (χ1v) is 10.1. The van der Waals surface area contributed by atoms with Crippen molar-refractivity contribution >= 4 is 22.7 Å². The highest BCUT2D eigenvalue weighted by Crippen LogP contribution is 2.30. The smallest absolute Gasteiger partial charge is 0.161 e. The Bertz CT molecular complexity index is 1270. The van der Waals surface area contributed by atoms with Crippen molar-refractivity contribution in [3.63, 3.8) is 0 Å². The maximum Gasteiger partial charge on any atom is 0.161 e. The zero-order valence-electron chi connectivity index (χ0n) is 17.6. The van der Waals surface area contributed by atoms with Gasteiger partial charge in [0.1, 0.15) is 6.07 Å². The Morgan fingerprint density at radius 1 is 1.03 bits per heavy atom. The first-order chi connectivity index (χ1) is 15.2. The Morgan fingerprint density at radius 2 is 1.81 bits per heavy atom. The van der Waals surface area contributed by atoms with Gasteiger partial charge in [-0.15, -0.1) is 0 Å². The maximum absolute atomic E-state index is 9.77. The van der Waals surface area contributed by atoms with Crippen LogP contribution in [0.25, 0.3) is 22.7 Å². The summed E-state index contributed by atoms with van der Waals surface area (Å²) in [5.41, 5.74) is 4.40. The van der Waals surface area contributed by atoms with E-state index in [0.717, 1.165) is 23.0 Å². The molecule has 4 rings (SSSR count). The van der Waals surface area contributed by atoms with Crippen LogP contribution in [0.5, 0.6) is 11.5 Å². The highest BCUT2D eigenvalue weighted by molar-refractivity contribution is 5.91. The van der Waals surface area contributed by atoms with Crippen molar-refractivity contribution in [2.75, 3.05) is 13.7 Å². The highest BCUT2D eigenvalue weighted by Gasteiger charge is 2.13. The van der Waals surface area contributed by atoms with Crippen molar-refractivity contribution in [3.8, 4) is 17.6 Å². The predicted molar refractivity (Wildman–Crippen MR) is 123 cm³/mol. The minimum absolute atomic E-state index is 0.485. The van der Waals surface area contributed by atoms with Crippen molar-refractivity contribution in [2.45, 2.75) is 6.42 Å². The van der Waals surface area contributed by atoms with Gasteiger partial charge in [-0.1, -0.05) is 48.5 Å². The van der Waals surface area contributed by atoms with E-state index in [1.807, 2.05) is 78.4 Å². The molecular weight excluding hydrogens is 386 g/mol. The molecule has 0 saturated carbocycles. The summed E-state index contributed by atoms with van der Waals surface area (Å²) in [6.45, 7) is 0.554. The second-order valence-electron chi connectivity index (χ2n) is 7.15. The number of aromatic nitrogens is 2. The maximum atomic E-state index is 9.77. The van der Waals surface area contributed by atoms with Gasteiger partial charge in [-0.25, -0.2) is 4.98 Å². The van der Waals surface area contributed by atoms with Gasteiger partial charge in [0, 0.05) is 13.5 Å². The SMILES string of the molecule is COc1cc(C=C(C#N)c2nc3ccccc3n2C)ccc1OCCc1ccccc1. The molecule has 0 aliphatic rings. The molecule has 1 heterocycles. The Labute approximate surface area is 181 Å². The van der Waals surface area contributed by atoms with Crippen molar-refractivity contribution in [2.24, 2.45) is 7.05 Å². The molecule has 31 heavy (non-hydrogen) atoms. The fourth-order valence-corrected chi connectivity index (χ4v) is 3.52. The summed E-state index contributed by atoms with van der Waals surface area (Å²) in [6, 6.07) is 26.0. The van der Waals surface area contributed by atoms with Crippen LogP contribution in [-0.2, 0) is 13.5 Å². The molecule has 0 fully saturated rings. The largest absolute Gasteiger partial charge is 0.493 e. The van der Waals surface area contributed by atoms with E-state index in [1.165, 1.54) is 5.56 Å². The topological polar surface area (TPSA) is 60.1 Å². The highest BCUT2D eigenvalue weighted by atomic mass is 16.5. The van der Waals surface area contributed by atoms with Gasteiger partial charge in [0.2, 0.25) is 0 Å². The Kier molecular flexibility index (Phi) is 6.00. The Balaban J connectivity index is 1.56. The van der Waals surface area contributed by atoms with Crippen LogP contribution in [0.4, 0.5) is 0 Å². The van der Waals surface area contributed by atoms with E-state index in [9.17, 15) is 5.26 Å². The number of aryl methyl sites for hydroxylation is 1. The molecule has 0 spiro atoms. The number of para-hydroxylation sites is 2. The summed E-state index contributed by atoms with van der Waals surface area (Å²) in [4.78, 5) is 4.63. The van der Waals surface area contributed by atoms with E-state index in [4.69, 9.17) is 9.47 Å². The van der Waals surface area contributed by atoms with Gasteiger partial charge in [-0.05, 0) is 41.5 Å². The molecule has 0 bridgehead atoms. The second-order valence-corrected chi connectivity index (χ2v) is 7.15. The fourth-order valence-electron chi connectivity index (χ4n) is 3.52. The van der Waals surface area contributed by atoms with Gasteiger partial charge in [-0.2, -0.15) is 5.26 Å². The Hall–Kier alpha value is -4.04. The first-order valence-electron chi connectivity index (χ1n) is 10.1. The van der Waals surface area contributed by atoms with Gasteiger partial charge in [0.25, 0.3) is 0 Å². The monoisotopic (exact) mass is 409 g/mol. The number of ether oxygens (including phenoxy) is 2. The van der Waals surface area contributed by atoms with Crippen LogP contribution in [0.15, 0.2) is 72.8 Å². The number of nitrogens with zero attached hydrogens (tertiary/aromatic N) is 3. The molecule has 0 N–H and O–H groups in total. The molecule has 0 radical (unpaired) electrons. The lowest BCUT2D eigenvalue weighted by molar-refractivity contribution is 0.297. The second kappa shape index (κ2) is 9.19. The van der Waals surface area contributed by atoms with Crippen LogP contribution >= 0.6 is 0 Å². The molecular formula is C26H23N3O2. The van der Waals surface area contributed by atoms with Crippen molar-refractivity contribution in [3.05, 3.63) is 89.7 Å². The molecule has 0 unspecified atom stereocenters. The molecule has 0 aliphatic carbocycles. The third-order valence-electron chi connectivity index (χ3n) is 5.14. The number of hydrogen-bond acceptors (Lipinski definition) is 4. The Morgan fingerprint density at radius 3 is 2.55 bits per heavy atom. The third kappa shape index (κ3) is 4.44. The van der Waals surface area contributed by atoms with Crippen LogP contribution < -0.4 is 9.47 Å². The van der Waals surface area contributed by atoms with Crippen LogP contribution in [0, 0.1) is 11.3 Å². The first kappa shape index (κ1) is 20.2. The number of benzene rings is 3. The van der Waals surface area contributed by atoms with Gasteiger partial charge in [0.15, 0.2) is 17.3 Å². The summed E-state index contributed by atoms with van der Waals surface area (Å²) >= 11 is 0. The van der Waals surface area contributed by atoms with E-state index < -0.39 is 0 Å². The molecule has 0 amide bonds. The molecule has 5 heteroatoms. The molecule has 0 aliphatic heterocycles. The number of rotatable bonds is 7. The lowest BCUT2D eigenvalue weighted by atomic mass is 10.1. The number of imidazole rings is 1. The van der Waals surface area contributed by atoms with Gasteiger partial charge in [0.05, 0.1) is 30.3 Å². The van der Waals surface area contributed by atoms with Crippen molar-refractivity contribution in [1.29, 1.82) is 5.26 Å². The standard InChI is InChI=1S/C26H23N3O2/c1-29-23-11-7-6-10-22(23)28-26(29)21(18-27)16-20-12-13-24(25(17-20)30-2)31-15-14-19-8-4-3-5-9-19/h3-13,16-17H,14-15H2,1-2H3. The van der Waals surface area contributed by atoms with E-state index in [-0.39, 0.29) is 0 Å². The summed E-state index contributed by atoms with van der Waals surface area (Å²) in [7, 11) is 3.53. The number of nitriles is 1. The third-order valence-corrected chi connectivity index (χ3v) is 5.14. The zero-order valence-corrected chi connectivity index (χ0v) is 17.6. The molecule has 0 saturated heterocycles. The normalized spacial score (nSPS) is 11.3. The summed E-state index contributed by atoms with van der Waals surface area (Å²) in [5.74, 6) is 1.94. The van der Waals surface area contributed by atoms with Gasteiger partial charge in [-0.3, -0.25) is 0 Å². The molecule has 3 aromatic carbocycles. The fraction of sp³-hybridized carbons (Fsp3) is 0.154. The summed E-state index contributed by atoms with van der Waals surface area (Å²) in [5, 5.41) is 9.77. The van der Waals surface area contributed by atoms with Crippen molar-refractivity contribution in [1.82, 2.24) is 9.55 Å². The van der Waals surface area contributed by atoms with E-state index in [0.29, 0.717) is 29.5 Å². The molecule has 154 valence electrons. The van der Waals surface area contributed by atoms with E-state index >= 15 is 0 Å². The predicted octanol–water partition coefficient (Wildman–Crippen LogP) is 5.27. The number of fused-ring (bicyclic) bond motifs is 1. The average molecular weight is 409 g/mol. The lowest BCUT2D eigenvalue weighted by Crippen LogP contribution is -2.02. The molecule has 5 nitrogen and oxygen atoms in total. The number of methoxy groups -OCH3 is 1. The zero-order chi connectivity index (χ0) is 21.6. The molecule has 1 aromatic heterocycles. The molecule has 4 aromatic rings. The minimum atomic E-state index is 0.485. The van der Waals surface area contributed by atoms with E-state index in [2.05, 4.69) is 23.2 Å². The van der Waals surface area contributed by atoms with Gasteiger partial charge >= 0.3 is 0 Å². The summed E-state index contributed by atoms with van der Waals surface area (Å²) in [6.07, 6.45) is 2.63. The average Bonchev–Trinajstić information content (AvgIpc) is 3.15. The quantitative estimate of drug-likeness (QED) is 0.390. The van der Waals surface area contributed by atoms with Crippen molar-refractivity contribution < 1.29 is 9.47 Å². The van der Waals surface area contributed by atoms with Crippen LogP contribution in [0.1, 0.15) is 17.0 Å². The molecule has 0 atom stereocenters.